The lowest BCUT2D eigenvalue weighted by Gasteiger charge is -2.19. The van der Waals surface area contributed by atoms with Gasteiger partial charge in [-0.1, -0.05) is 22.0 Å². The van der Waals surface area contributed by atoms with Gasteiger partial charge in [0, 0.05) is 10.0 Å². The van der Waals surface area contributed by atoms with Gasteiger partial charge >= 0.3 is 0 Å². The number of hydrogen-bond acceptors (Lipinski definition) is 3. The van der Waals surface area contributed by atoms with Crippen LogP contribution in [-0.2, 0) is 10.3 Å². The lowest BCUT2D eigenvalue weighted by atomic mass is 9.92. The molecule has 1 heterocycles. The maximum Gasteiger partial charge on any atom is 0.259 e. The minimum absolute atomic E-state index is 0.0729. The van der Waals surface area contributed by atoms with E-state index in [9.17, 15) is 9.18 Å². The van der Waals surface area contributed by atoms with Crippen LogP contribution < -0.4 is 11.1 Å². The molecule has 0 saturated heterocycles. The summed E-state index contributed by atoms with van der Waals surface area (Å²) < 4.78 is 13.4. The van der Waals surface area contributed by atoms with Crippen LogP contribution in [-0.4, -0.2) is 11.9 Å². The molecule has 0 aliphatic carbocycles. The second-order valence-corrected chi connectivity index (χ2v) is 4.50. The van der Waals surface area contributed by atoms with Gasteiger partial charge in [-0.2, -0.15) is 0 Å². The van der Waals surface area contributed by atoms with Crippen LogP contribution >= 0.6 is 15.9 Å². The van der Waals surface area contributed by atoms with Crippen molar-refractivity contribution < 1.29 is 9.18 Å². The number of halogens is 2. The molecule has 6 heteroatoms. The van der Waals surface area contributed by atoms with E-state index in [1.54, 1.807) is 6.92 Å². The number of carbonyl (C=O) groups excluding carboxylic acids is 1. The number of amides is 1. The molecule has 0 bridgehead atoms. The number of aliphatic imine (C=N–C) groups is 1. The molecule has 1 aliphatic heterocycles. The van der Waals surface area contributed by atoms with Gasteiger partial charge in [-0.25, -0.2) is 9.38 Å². The highest BCUT2D eigenvalue weighted by Gasteiger charge is 2.41. The summed E-state index contributed by atoms with van der Waals surface area (Å²) in [6, 6.07) is 4.08. The molecule has 0 radical (unpaired) electrons. The monoisotopic (exact) mass is 285 g/mol. The van der Waals surface area contributed by atoms with Gasteiger partial charge in [-0.3, -0.25) is 10.1 Å². The first-order chi connectivity index (χ1) is 7.43. The van der Waals surface area contributed by atoms with Crippen LogP contribution in [0.5, 0.6) is 0 Å². The maximum absolute atomic E-state index is 12.9. The Morgan fingerprint density at radius 3 is 2.75 bits per heavy atom. The van der Waals surface area contributed by atoms with Gasteiger partial charge < -0.3 is 5.73 Å². The molecule has 1 amide bonds. The van der Waals surface area contributed by atoms with Crippen LogP contribution in [0.15, 0.2) is 27.7 Å². The predicted octanol–water partition coefficient (Wildman–Crippen LogP) is 1.25. The molecule has 0 fully saturated rings. The van der Waals surface area contributed by atoms with Crippen molar-refractivity contribution in [1.82, 2.24) is 5.32 Å². The van der Waals surface area contributed by atoms with Gasteiger partial charge in [0.2, 0.25) is 0 Å². The van der Waals surface area contributed by atoms with Crippen molar-refractivity contribution >= 4 is 27.8 Å². The van der Waals surface area contributed by atoms with Gasteiger partial charge in [0.15, 0.2) is 11.5 Å². The second kappa shape index (κ2) is 3.55. The van der Waals surface area contributed by atoms with Crippen molar-refractivity contribution in [3.63, 3.8) is 0 Å². The van der Waals surface area contributed by atoms with Crippen LogP contribution in [0.2, 0.25) is 0 Å². The quantitative estimate of drug-likeness (QED) is 0.815. The lowest BCUT2D eigenvalue weighted by Crippen LogP contribution is -2.37. The fourth-order valence-electron chi connectivity index (χ4n) is 1.62. The van der Waals surface area contributed by atoms with Crippen molar-refractivity contribution in [2.24, 2.45) is 10.7 Å². The highest BCUT2D eigenvalue weighted by molar-refractivity contribution is 9.10. The first-order valence-electron chi connectivity index (χ1n) is 4.56. The van der Waals surface area contributed by atoms with E-state index in [2.05, 4.69) is 26.2 Å². The smallest absolute Gasteiger partial charge is 0.259 e. The third kappa shape index (κ3) is 1.59. The molecule has 16 heavy (non-hydrogen) atoms. The highest BCUT2D eigenvalue weighted by atomic mass is 79.9. The van der Waals surface area contributed by atoms with E-state index < -0.39 is 5.54 Å². The number of guanidine groups is 1. The standard InChI is InChI=1S/C10H9BrFN3O/c1-10(8(16)14-9(13)15-10)6-3-2-5(12)4-7(6)11/h2-4H,1H3,(H3,13,14,15,16). The number of rotatable bonds is 1. The number of benzene rings is 1. The summed E-state index contributed by atoms with van der Waals surface area (Å²) in [4.78, 5) is 15.8. The molecule has 0 spiro atoms. The summed E-state index contributed by atoms with van der Waals surface area (Å²) in [6.45, 7) is 1.63. The van der Waals surface area contributed by atoms with E-state index in [1.165, 1.54) is 18.2 Å². The average molecular weight is 286 g/mol. The fourth-order valence-corrected chi connectivity index (χ4v) is 2.36. The molecule has 1 aromatic carbocycles. The third-order valence-electron chi connectivity index (χ3n) is 2.48. The predicted molar refractivity (Wildman–Crippen MR) is 61.2 cm³/mol. The lowest BCUT2D eigenvalue weighted by molar-refractivity contribution is -0.123. The number of carbonyl (C=O) groups is 1. The van der Waals surface area contributed by atoms with Crippen LogP contribution in [0.1, 0.15) is 12.5 Å². The maximum atomic E-state index is 12.9. The molecule has 4 nitrogen and oxygen atoms in total. The highest BCUT2D eigenvalue weighted by Crippen LogP contribution is 2.34. The molecule has 1 unspecified atom stereocenters. The zero-order chi connectivity index (χ0) is 11.9. The summed E-state index contributed by atoms with van der Waals surface area (Å²) in [5.74, 6) is -0.629. The Morgan fingerprint density at radius 2 is 2.25 bits per heavy atom. The van der Waals surface area contributed by atoms with Gasteiger partial charge in [0.05, 0.1) is 0 Å². The molecular weight excluding hydrogens is 277 g/mol. The minimum atomic E-state index is -1.10. The van der Waals surface area contributed by atoms with Crippen molar-refractivity contribution in [2.75, 3.05) is 0 Å². The van der Waals surface area contributed by atoms with Gasteiger partial charge in [0.25, 0.3) is 5.91 Å². The first kappa shape index (κ1) is 11.1. The van der Waals surface area contributed by atoms with Crippen molar-refractivity contribution in [3.05, 3.63) is 34.1 Å². The van der Waals surface area contributed by atoms with E-state index in [4.69, 9.17) is 5.73 Å². The Kier molecular flexibility index (Phi) is 2.46. The molecule has 1 atom stereocenters. The molecule has 0 aromatic heterocycles. The number of hydrogen-bond donors (Lipinski definition) is 2. The topological polar surface area (TPSA) is 67.5 Å². The number of nitrogens with two attached hydrogens (primary N) is 1. The molecule has 1 aromatic rings. The SMILES string of the molecule is CC1(c2ccc(F)cc2Br)N=C(N)NC1=O. The summed E-state index contributed by atoms with van der Waals surface area (Å²) in [5.41, 5.74) is 4.92. The first-order valence-corrected chi connectivity index (χ1v) is 5.35. The Labute approximate surface area is 99.9 Å². The Morgan fingerprint density at radius 1 is 1.56 bits per heavy atom. The Balaban J connectivity index is 2.56. The average Bonchev–Trinajstić information content (AvgIpc) is 2.40. The minimum Gasteiger partial charge on any atom is -0.370 e. The van der Waals surface area contributed by atoms with Crippen LogP contribution in [0, 0.1) is 5.82 Å². The third-order valence-corrected chi connectivity index (χ3v) is 3.14. The molecule has 1 aliphatic rings. The van der Waals surface area contributed by atoms with Gasteiger partial charge in [-0.05, 0) is 19.1 Å². The number of nitrogens with zero attached hydrogens (tertiary/aromatic N) is 1. The van der Waals surface area contributed by atoms with E-state index in [-0.39, 0.29) is 17.7 Å². The summed E-state index contributed by atoms with van der Waals surface area (Å²) in [6.07, 6.45) is 0. The van der Waals surface area contributed by atoms with E-state index >= 15 is 0 Å². The summed E-state index contributed by atoms with van der Waals surface area (Å²) >= 11 is 3.21. The van der Waals surface area contributed by atoms with E-state index in [1.807, 2.05) is 0 Å². The molecule has 2 rings (SSSR count). The van der Waals surface area contributed by atoms with Crippen molar-refractivity contribution in [1.29, 1.82) is 0 Å². The second-order valence-electron chi connectivity index (χ2n) is 3.65. The summed E-state index contributed by atoms with van der Waals surface area (Å²) in [5, 5.41) is 2.42. The fraction of sp³-hybridized carbons (Fsp3) is 0.200. The molecule has 0 saturated carbocycles. The number of nitrogens with one attached hydrogen (secondary N) is 1. The van der Waals surface area contributed by atoms with E-state index in [0.717, 1.165) is 0 Å². The largest absolute Gasteiger partial charge is 0.370 e. The summed E-state index contributed by atoms with van der Waals surface area (Å²) in [7, 11) is 0. The van der Waals surface area contributed by atoms with Gasteiger partial charge in [0.1, 0.15) is 5.82 Å². The molecular formula is C10H9BrFN3O. The van der Waals surface area contributed by atoms with Crippen LogP contribution in [0.3, 0.4) is 0 Å². The molecule has 84 valence electrons. The van der Waals surface area contributed by atoms with Crippen molar-refractivity contribution in [2.45, 2.75) is 12.5 Å². The zero-order valence-corrected chi connectivity index (χ0v) is 10.0. The van der Waals surface area contributed by atoms with Crippen molar-refractivity contribution in [3.8, 4) is 0 Å². The normalized spacial score (nSPS) is 24.2. The van der Waals surface area contributed by atoms with E-state index in [0.29, 0.717) is 10.0 Å². The molecule has 3 N–H and O–H groups in total. The van der Waals surface area contributed by atoms with Gasteiger partial charge in [-0.15, -0.1) is 0 Å². The Bertz CT molecular complexity index is 503. The van der Waals surface area contributed by atoms with Crippen LogP contribution in [0.4, 0.5) is 4.39 Å². The Hall–Kier alpha value is -1.43. The zero-order valence-electron chi connectivity index (χ0n) is 8.42. The van der Waals surface area contributed by atoms with Crippen LogP contribution in [0.25, 0.3) is 0 Å².